The highest BCUT2D eigenvalue weighted by atomic mass is 19.4. The van der Waals surface area contributed by atoms with Crippen LogP contribution in [-0.4, -0.2) is 67.4 Å². The number of alkyl halides is 3. The van der Waals surface area contributed by atoms with Gasteiger partial charge in [-0.2, -0.15) is 13.2 Å². The maximum atomic E-state index is 13.2. The molecule has 1 heterocycles. The number of para-hydroxylation sites is 1. The van der Waals surface area contributed by atoms with Gasteiger partial charge in [0, 0.05) is 38.1 Å². The Bertz CT molecular complexity index is 1220. The summed E-state index contributed by atoms with van der Waals surface area (Å²) in [6.07, 6.45) is -4.54. The van der Waals surface area contributed by atoms with E-state index in [1.54, 1.807) is 4.90 Å². The smallest absolute Gasteiger partial charge is 0.324 e. The van der Waals surface area contributed by atoms with Crippen molar-refractivity contribution >= 4 is 34.0 Å². The molecule has 1 saturated heterocycles. The van der Waals surface area contributed by atoms with Crippen LogP contribution in [0.4, 0.5) is 24.5 Å². The lowest BCUT2D eigenvalue weighted by atomic mass is 10.1. The van der Waals surface area contributed by atoms with E-state index < -0.39 is 17.6 Å². The van der Waals surface area contributed by atoms with Crippen LogP contribution in [-0.2, 0) is 15.8 Å². The third-order valence-electron chi connectivity index (χ3n) is 6.37. The maximum absolute atomic E-state index is 13.2. The Labute approximate surface area is 208 Å². The Morgan fingerprint density at radius 2 is 1.47 bits per heavy atom. The first-order chi connectivity index (χ1) is 17.3. The van der Waals surface area contributed by atoms with Crippen molar-refractivity contribution in [2.75, 3.05) is 56.0 Å². The molecule has 2 amide bonds. The van der Waals surface area contributed by atoms with Gasteiger partial charge in [-0.15, -0.1) is 0 Å². The van der Waals surface area contributed by atoms with Crippen molar-refractivity contribution in [3.8, 4) is 0 Å². The lowest BCUT2D eigenvalue weighted by Crippen LogP contribution is -2.51. The van der Waals surface area contributed by atoms with E-state index in [0.29, 0.717) is 32.7 Å². The molecule has 1 fully saturated rings. The molecule has 0 aliphatic carbocycles. The number of benzene rings is 3. The fourth-order valence-electron chi connectivity index (χ4n) is 4.54. The average Bonchev–Trinajstić information content (AvgIpc) is 2.85. The second-order valence-corrected chi connectivity index (χ2v) is 8.78. The minimum Gasteiger partial charge on any atom is -0.324 e. The van der Waals surface area contributed by atoms with Crippen molar-refractivity contribution in [1.82, 2.24) is 9.80 Å². The highest BCUT2D eigenvalue weighted by Gasteiger charge is 2.33. The molecule has 0 unspecified atom stereocenters. The number of anilines is 2. The summed E-state index contributed by atoms with van der Waals surface area (Å²) in [5, 5.41) is 4.49. The molecule has 0 radical (unpaired) electrons. The van der Waals surface area contributed by atoms with E-state index in [9.17, 15) is 22.8 Å². The largest absolute Gasteiger partial charge is 0.418 e. The number of carbonyl (C=O) groups excluding carboxylic acids is 2. The zero-order valence-corrected chi connectivity index (χ0v) is 20.1. The number of piperazine rings is 1. The Morgan fingerprint density at radius 3 is 2.17 bits per heavy atom. The van der Waals surface area contributed by atoms with Gasteiger partial charge in [0.25, 0.3) is 0 Å². The minimum absolute atomic E-state index is 0.00352. The molecule has 6 nitrogen and oxygen atoms in total. The summed E-state index contributed by atoms with van der Waals surface area (Å²) in [5.74, 6) is -0.492. The van der Waals surface area contributed by atoms with E-state index in [0.717, 1.165) is 22.5 Å². The summed E-state index contributed by atoms with van der Waals surface area (Å²) < 4.78 is 39.5. The van der Waals surface area contributed by atoms with Crippen LogP contribution < -0.4 is 10.2 Å². The fraction of sp³-hybridized carbons (Fsp3) is 0.333. The normalized spacial score (nSPS) is 15.1. The van der Waals surface area contributed by atoms with E-state index in [4.69, 9.17) is 0 Å². The molecule has 36 heavy (non-hydrogen) atoms. The molecule has 1 aliphatic rings. The van der Waals surface area contributed by atoms with Gasteiger partial charge in [0.15, 0.2) is 0 Å². The Kier molecular flexibility index (Phi) is 7.91. The summed E-state index contributed by atoms with van der Waals surface area (Å²) in [6.45, 7) is 5.02. The molecule has 0 bridgehead atoms. The van der Waals surface area contributed by atoms with E-state index in [-0.39, 0.29) is 24.7 Å². The Hall–Kier alpha value is -3.43. The predicted molar refractivity (Wildman–Crippen MR) is 135 cm³/mol. The number of carbonyl (C=O) groups is 2. The monoisotopic (exact) mass is 498 g/mol. The van der Waals surface area contributed by atoms with Crippen molar-refractivity contribution in [2.45, 2.75) is 13.1 Å². The van der Waals surface area contributed by atoms with Crippen LogP contribution in [0.25, 0.3) is 10.8 Å². The van der Waals surface area contributed by atoms with Gasteiger partial charge in [0.05, 0.1) is 30.0 Å². The van der Waals surface area contributed by atoms with Crippen molar-refractivity contribution in [1.29, 1.82) is 0 Å². The molecule has 3 aromatic carbocycles. The first-order valence-corrected chi connectivity index (χ1v) is 11.9. The van der Waals surface area contributed by atoms with Crippen LogP contribution in [0.2, 0.25) is 0 Å². The van der Waals surface area contributed by atoms with Crippen LogP contribution in [0.5, 0.6) is 0 Å². The van der Waals surface area contributed by atoms with Gasteiger partial charge in [-0.05, 0) is 30.5 Å². The van der Waals surface area contributed by atoms with E-state index >= 15 is 0 Å². The zero-order chi connectivity index (χ0) is 25.7. The number of hydrogen-bond donors (Lipinski definition) is 1. The molecule has 0 spiro atoms. The molecular weight excluding hydrogens is 469 g/mol. The van der Waals surface area contributed by atoms with Crippen molar-refractivity contribution in [3.05, 3.63) is 72.3 Å². The molecule has 1 aliphatic heterocycles. The van der Waals surface area contributed by atoms with Gasteiger partial charge in [0.2, 0.25) is 11.8 Å². The van der Waals surface area contributed by atoms with Gasteiger partial charge >= 0.3 is 6.18 Å². The lowest BCUT2D eigenvalue weighted by Gasteiger charge is -2.35. The van der Waals surface area contributed by atoms with Crippen molar-refractivity contribution < 1.29 is 22.8 Å². The van der Waals surface area contributed by atoms with Crippen molar-refractivity contribution in [2.24, 2.45) is 0 Å². The third-order valence-corrected chi connectivity index (χ3v) is 6.37. The summed E-state index contributed by atoms with van der Waals surface area (Å²) in [5.41, 5.74) is -0.226. The van der Waals surface area contributed by atoms with Gasteiger partial charge in [0.1, 0.15) is 0 Å². The first kappa shape index (κ1) is 25.7. The molecule has 1 N–H and O–H groups in total. The van der Waals surface area contributed by atoms with Gasteiger partial charge in [-0.3, -0.25) is 19.4 Å². The number of nitrogens with one attached hydrogen (secondary N) is 1. The van der Waals surface area contributed by atoms with Gasteiger partial charge < -0.3 is 10.2 Å². The summed E-state index contributed by atoms with van der Waals surface area (Å²) in [6, 6.07) is 18.8. The first-order valence-electron chi connectivity index (χ1n) is 11.9. The number of fused-ring (bicyclic) bond motifs is 1. The molecular formula is C27H29F3N4O2. The fourth-order valence-corrected chi connectivity index (χ4v) is 4.54. The topological polar surface area (TPSA) is 55.9 Å². The standard InChI is InChI=1S/C27H29F3N4O2/c1-2-34(24-13-7-9-20-8-3-4-10-21(20)24)26(36)19-33-16-14-32(15-17-33)18-25(35)31-23-12-6-5-11-22(23)27(28,29)30/h3-13H,2,14-19H2,1H3,(H,31,35). The Morgan fingerprint density at radius 1 is 0.861 bits per heavy atom. The van der Waals surface area contributed by atoms with Crippen LogP contribution in [0.1, 0.15) is 12.5 Å². The number of likely N-dealkylation sites (N-methyl/N-ethyl adjacent to an activating group) is 1. The number of halogens is 3. The molecule has 4 rings (SSSR count). The number of amides is 2. The molecule has 190 valence electrons. The van der Waals surface area contributed by atoms with Crippen LogP contribution in [0.15, 0.2) is 66.7 Å². The van der Waals surface area contributed by atoms with E-state index in [1.807, 2.05) is 59.2 Å². The second kappa shape index (κ2) is 11.1. The zero-order valence-electron chi connectivity index (χ0n) is 20.1. The molecule has 0 aromatic heterocycles. The summed E-state index contributed by atoms with van der Waals surface area (Å²) in [7, 11) is 0. The molecule has 3 aromatic rings. The quantitative estimate of drug-likeness (QED) is 0.523. The van der Waals surface area contributed by atoms with Crippen LogP contribution in [0, 0.1) is 0 Å². The predicted octanol–water partition coefficient (Wildman–Crippen LogP) is 4.47. The van der Waals surface area contributed by atoms with Gasteiger partial charge in [-0.1, -0.05) is 48.5 Å². The number of nitrogens with zero attached hydrogens (tertiary/aromatic N) is 3. The van der Waals surface area contributed by atoms with Crippen LogP contribution >= 0.6 is 0 Å². The Balaban J connectivity index is 1.31. The maximum Gasteiger partial charge on any atom is 0.418 e. The van der Waals surface area contributed by atoms with Gasteiger partial charge in [-0.25, -0.2) is 0 Å². The van der Waals surface area contributed by atoms with Crippen molar-refractivity contribution in [3.63, 3.8) is 0 Å². The van der Waals surface area contributed by atoms with E-state index in [2.05, 4.69) is 5.32 Å². The highest BCUT2D eigenvalue weighted by Crippen LogP contribution is 2.34. The molecule has 0 atom stereocenters. The minimum atomic E-state index is -4.54. The number of rotatable bonds is 7. The third kappa shape index (κ3) is 6.03. The second-order valence-electron chi connectivity index (χ2n) is 8.78. The number of hydrogen-bond acceptors (Lipinski definition) is 4. The highest BCUT2D eigenvalue weighted by molar-refractivity contribution is 6.04. The average molecular weight is 499 g/mol. The molecule has 9 heteroatoms. The lowest BCUT2D eigenvalue weighted by molar-refractivity contribution is -0.137. The van der Waals surface area contributed by atoms with Crippen LogP contribution in [0.3, 0.4) is 0 Å². The SMILES string of the molecule is CCN(C(=O)CN1CCN(CC(=O)Nc2ccccc2C(F)(F)F)CC1)c1cccc2ccccc12. The van der Waals surface area contributed by atoms with E-state index in [1.165, 1.54) is 18.2 Å². The molecule has 0 saturated carbocycles. The summed E-state index contributed by atoms with van der Waals surface area (Å²) in [4.78, 5) is 31.3. The summed E-state index contributed by atoms with van der Waals surface area (Å²) >= 11 is 0.